The summed E-state index contributed by atoms with van der Waals surface area (Å²) in [6.45, 7) is 2.48. The second kappa shape index (κ2) is 3.79. The van der Waals surface area contributed by atoms with Gasteiger partial charge in [-0.25, -0.2) is 8.78 Å². The first kappa shape index (κ1) is 11.5. The molecule has 1 aliphatic heterocycles. The van der Waals surface area contributed by atoms with Crippen molar-refractivity contribution in [3.8, 4) is 0 Å². The zero-order valence-corrected chi connectivity index (χ0v) is 9.43. The maximum atomic E-state index is 13.9. The van der Waals surface area contributed by atoms with E-state index in [0.717, 1.165) is 0 Å². The summed E-state index contributed by atoms with van der Waals surface area (Å²) >= 11 is 0. The number of aryl methyl sites for hydroxylation is 1. The maximum absolute atomic E-state index is 13.9. The minimum atomic E-state index is -1.39. The number of likely N-dealkylation sites (tertiary alicyclic amines) is 1. The maximum Gasteiger partial charge on any atom is 0.135 e. The van der Waals surface area contributed by atoms with E-state index >= 15 is 0 Å². The quantitative estimate of drug-likeness (QED) is 0.790. The summed E-state index contributed by atoms with van der Waals surface area (Å²) in [6.07, 6.45) is 0.362. The third-order valence-electron chi connectivity index (χ3n) is 3.19. The molecule has 1 heterocycles. The van der Waals surface area contributed by atoms with E-state index in [2.05, 4.69) is 0 Å². The van der Waals surface area contributed by atoms with Crippen molar-refractivity contribution in [2.75, 3.05) is 20.1 Å². The van der Waals surface area contributed by atoms with Gasteiger partial charge in [-0.15, -0.1) is 0 Å². The van der Waals surface area contributed by atoms with Gasteiger partial charge < -0.3 is 10.0 Å². The van der Waals surface area contributed by atoms with E-state index in [1.54, 1.807) is 6.92 Å². The Morgan fingerprint density at radius 1 is 1.38 bits per heavy atom. The van der Waals surface area contributed by atoms with Crippen LogP contribution in [0.15, 0.2) is 12.1 Å². The number of aliphatic hydroxyl groups is 1. The first-order chi connectivity index (χ1) is 7.44. The minimum Gasteiger partial charge on any atom is -0.384 e. The Morgan fingerprint density at radius 2 is 2.06 bits per heavy atom. The number of nitrogens with zero attached hydrogens (tertiary/aromatic N) is 1. The smallest absolute Gasteiger partial charge is 0.135 e. The van der Waals surface area contributed by atoms with E-state index in [-0.39, 0.29) is 12.1 Å². The number of likely N-dealkylation sites (N-methyl/N-ethyl adjacent to an activating group) is 1. The number of hydrogen-bond donors (Lipinski definition) is 1. The first-order valence-electron chi connectivity index (χ1n) is 5.30. The molecule has 0 aliphatic carbocycles. The summed E-state index contributed by atoms with van der Waals surface area (Å²) in [5.41, 5.74) is -1.22. The summed E-state index contributed by atoms with van der Waals surface area (Å²) in [6, 6.07) is 2.60. The fraction of sp³-hybridized carbons (Fsp3) is 0.500. The van der Waals surface area contributed by atoms with Crippen molar-refractivity contribution in [2.24, 2.45) is 0 Å². The lowest BCUT2D eigenvalue weighted by Gasteiger charge is -2.24. The fourth-order valence-electron chi connectivity index (χ4n) is 2.27. The number of hydrogen-bond acceptors (Lipinski definition) is 2. The normalized spacial score (nSPS) is 26.3. The number of halogens is 2. The molecular weight excluding hydrogens is 212 g/mol. The van der Waals surface area contributed by atoms with Gasteiger partial charge in [-0.1, -0.05) is 6.07 Å². The number of rotatable bonds is 1. The summed E-state index contributed by atoms with van der Waals surface area (Å²) in [4.78, 5) is 1.86. The Balaban J connectivity index is 2.51. The van der Waals surface area contributed by atoms with E-state index in [1.807, 2.05) is 11.9 Å². The average molecular weight is 227 g/mol. The first-order valence-corrected chi connectivity index (χ1v) is 5.30. The van der Waals surface area contributed by atoms with Crippen LogP contribution in [0, 0.1) is 18.6 Å². The summed E-state index contributed by atoms with van der Waals surface area (Å²) < 4.78 is 27.5. The molecular formula is C12H15F2NO. The van der Waals surface area contributed by atoms with Gasteiger partial charge in [-0.2, -0.15) is 0 Å². The largest absolute Gasteiger partial charge is 0.384 e. The molecule has 88 valence electrons. The van der Waals surface area contributed by atoms with Gasteiger partial charge in [0.05, 0.1) is 5.56 Å². The Bertz CT molecular complexity index is 422. The SMILES string of the molecule is Cc1ccc(F)c(C2(O)CCN(C)C2)c1F. The van der Waals surface area contributed by atoms with E-state index < -0.39 is 17.2 Å². The molecule has 0 radical (unpaired) electrons. The van der Waals surface area contributed by atoms with Crippen molar-refractivity contribution >= 4 is 0 Å². The molecule has 0 bridgehead atoms. The molecule has 1 atom stereocenters. The Labute approximate surface area is 93.5 Å². The van der Waals surface area contributed by atoms with Crippen LogP contribution < -0.4 is 0 Å². The van der Waals surface area contributed by atoms with Crippen LogP contribution in [0.2, 0.25) is 0 Å². The Hall–Kier alpha value is -1.00. The van der Waals surface area contributed by atoms with Gasteiger partial charge in [0.1, 0.15) is 17.2 Å². The number of β-amino-alcohol motifs (C(OH)–C–C–N with tert-alkyl or cyclic N) is 1. The molecule has 4 heteroatoms. The van der Waals surface area contributed by atoms with Crippen LogP contribution in [0.5, 0.6) is 0 Å². The lowest BCUT2D eigenvalue weighted by molar-refractivity contribution is 0.0412. The summed E-state index contributed by atoms with van der Waals surface area (Å²) in [7, 11) is 1.82. The highest BCUT2D eigenvalue weighted by molar-refractivity contribution is 5.32. The van der Waals surface area contributed by atoms with E-state index in [1.165, 1.54) is 12.1 Å². The molecule has 1 aromatic rings. The van der Waals surface area contributed by atoms with Gasteiger partial charge in [0, 0.05) is 13.1 Å². The third-order valence-corrected chi connectivity index (χ3v) is 3.19. The van der Waals surface area contributed by atoms with Crippen LogP contribution in [0.25, 0.3) is 0 Å². The van der Waals surface area contributed by atoms with Crippen molar-refractivity contribution in [1.29, 1.82) is 0 Å². The monoisotopic (exact) mass is 227 g/mol. The van der Waals surface area contributed by atoms with Crippen molar-refractivity contribution < 1.29 is 13.9 Å². The fourth-order valence-corrected chi connectivity index (χ4v) is 2.27. The highest BCUT2D eigenvalue weighted by Crippen LogP contribution is 2.35. The van der Waals surface area contributed by atoms with Gasteiger partial charge in [0.25, 0.3) is 0 Å². The van der Waals surface area contributed by atoms with Crippen LogP contribution in [0.4, 0.5) is 8.78 Å². The molecule has 2 rings (SSSR count). The van der Waals surface area contributed by atoms with Gasteiger partial charge >= 0.3 is 0 Å². The molecule has 2 nitrogen and oxygen atoms in total. The van der Waals surface area contributed by atoms with Crippen LogP contribution in [0.3, 0.4) is 0 Å². The highest BCUT2D eigenvalue weighted by atomic mass is 19.1. The Kier molecular flexibility index (Phi) is 2.72. The predicted molar refractivity (Wildman–Crippen MR) is 57.1 cm³/mol. The molecule has 0 saturated carbocycles. The topological polar surface area (TPSA) is 23.5 Å². The van der Waals surface area contributed by atoms with E-state index in [9.17, 15) is 13.9 Å². The second-order valence-electron chi connectivity index (χ2n) is 4.57. The summed E-state index contributed by atoms with van der Waals surface area (Å²) in [5.74, 6) is -1.29. The molecule has 1 N–H and O–H groups in total. The summed E-state index contributed by atoms with van der Waals surface area (Å²) in [5, 5.41) is 10.3. The van der Waals surface area contributed by atoms with Gasteiger partial charge in [0.15, 0.2) is 0 Å². The lowest BCUT2D eigenvalue weighted by atomic mass is 9.90. The molecule has 1 aromatic carbocycles. The van der Waals surface area contributed by atoms with Crippen molar-refractivity contribution in [1.82, 2.24) is 4.90 Å². The predicted octanol–water partition coefficient (Wildman–Crippen LogP) is 1.80. The van der Waals surface area contributed by atoms with Crippen molar-refractivity contribution in [3.05, 3.63) is 34.9 Å². The van der Waals surface area contributed by atoms with Crippen molar-refractivity contribution in [3.63, 3.8) is 0 Å². The minimum absolute atomic E-state index is 0.183. The zero-order chi connectivity index (χ0) is 11.9. The highest BCUT2D eigenvalue weighted by Gasteiger charge is 2.40. The average Bonchev–Trinajstić information content (AvgIpc) is 2.54. The molecule has 1 fully saturated rings. The third kappa shape index (κ3) is 1.72. The zero-order valence-electron chi connectivity index (χ0n) is 9.43. The van der Waals surface area contributed by atoms with Crippen molar-refractivity contribution in [2.45, 2.75) is 18.9 Å². The number of benzene rings is 1. The molecule has 1 unspecified atom stereocenters. The van der Waals surface area contributed by atoms with E-state index in [0.29, 0.717) is 18.5 Å². The second-order valence-corrected chi connectivity index (χ2v) is 4.57. The molecule has 0 spiro atoms. The van der Waals surface area contributed by atoms with Gasteiger partial charge in [-0.3, -0.25) is 0 Å². The molecule has 1 aliphatic rings. The molecule has 0 amide bonds. The van der Waals surface area contributed by atoms with Crippen LogP contribution in [-0.4, -0.2) is 30.1 Å². The lowest BCUT2D eigenvalue weighted by Crippen LogP contribution is -2.31. The van der Waals surface area contributed by atoms with Gasteiger partial charge in [-0.05, 0) is 32.0 Å². The van der Waals surface area contributed by atoms with Crippen LogP contribution in [0.1, 0.15) is 17.5 Å². The molecule has 1 saturated heterocycles. The van der Waals surface area contributed by atoms with Gasteiger partial charge in [0.2, 0.25) is 0 Å². The Morgan fingerprint density at radius 3 is 2.62 bits per heavy atom. The molecule has 16 heavy (non-hydrogen) atoms. The van der Waals surface area contributed by atoms with Crippen LogP contribution >= 0.6 is 0 Å². The standard InChI is InChI=1S/C12H15F2NO/c1-8-3-4-9(13)10(11(8)14)12(16)5-6-15(2)7-12/h3-4,16H,5-7H2,1-2H3. The van der Waals surface area contributed by atoms with Crippen LogP contribution in [-0.2, 0) is 5.60 Å². The van der Waals surface area contributed by atoms with E-state index in [4.69, 9.17) is 0 Å². The molecule has 0 aromatic heterocycles.